The molecule has 0 aromatic carbocycles. The normalized spacial score (nSPS) is 33.4. The third-order valence-electron chi connectivity index (χ3n) is 4.83. The molecular formula is C18H36O9. The summed E-state index contributed by atoms with van der Waals surface area (Å²) in [6, 6.07) is 0. The maximum atomic E-state index is 10.5. The molecule has 1 rings (SSSR count). The third kappa shape index (κ3) is 6.88. The molecule has 1 heterocycles. The minimum Gasteiger partial charge on any atom is -0.393 e. The van der Waals surface area contributed by atoms with E-state index >= 15 is 0 Å². The zero-order valence-corrected chi connectivity index (χ0v) is 17.2. The summed E-state index contributed by atoms with van der Waals surface area (Å²) >= 11 is 0. The highest BCUT2D eigenvalue weighted by atomic mass is 16.7. The Morgan fingerprint density at radius 1 is 1.04 bits per heavy atom. The van der Waals surface area contributed by atoms with Crippen molar-refractivity contribution in [2.75, 3.05) is 48.3 Å². The zero-order valence-electron chi connectivity index (χ0n) is 17.2. The lowest BCUT2D eigenvalue weighted by atomic mass is 9.91. The first-order valence-electron chi connectivity index (χ1n) is 9.10. The van der Waals surface area contributed by atoms with E-state index in [4.69, 9.17) is 28.4 Å². The van der Waals surface area contributed by atoms with E-state index in [9.17, 15) is 15.3 Å². The van der Waals surface area contributed by atoms with E-state index in [1.165, 1.54) is 21.3 Å². The fourth-order valence-electron chi connectivity index (χ4n) is 3.30. The van der Waals surface area contributed by atoms with Gasteiger partial charge in [0.15, 0.2) is 6.29 Å². The van der Waals surface area contributed by atoms with Crippen LogP contribution < -0.4 is 0 Å². The van der Waals surface area contributed by atoms with Gasteiger partial charge in [0.05, 0.1) is 31.5 Å². The van der Waals surface area contributed by atoms with Crippen LogP contribution in [-0.4, -0.2) is 106 Å². The van der Waals surface area contributed by atoms with Gasteiger partial charge in [0.25, 0.3) is 0 Å². The van der Waals surface area contributed by atoms with E-state index in [-0.39, 0.29) is 25.6 Å². The van der Waals surface area contributed by atoms with Gasteiger partial charge < -0.3 is 43.7 Å². The van der Waals surface area contributed by atoms with Crippen molar-refractivity contribution in [3.05, 3.63) is 0 Å². The number of rotatable bonds is 12. The lowest BCUT2D eigenvalue weighted by Gasteiger charge is -2.45. The summed E-state index contributed by atoms with van der Waals surface area (Å²) in [5, 5.41) is 31.1. The molecule has 4 unspecified atom stereocenters. The fourth-order valence-corrected chi connectivity index (χ4v) is 3.30. The van der Waals surface area contributed by atoms with Crippen molar-refractivity contribution < 1.29 is 43.7 Å². The van der Waals surface area contributed by atoms with Crippen molar-refractivity contribution in [3.8, 4) is 0 Å². The van der Waals surface area contributed by atoms with E-state index in [2.05, 4.69) is 0 Å². The predicted molar refractivity (Wildman–Crippen MR) is 96.4 cm³/mol. The number of hydrogen-bond acceptors (Lipinski definition) is 9. The molecule has 1 saturated heterocycles. The van der Waals surface area contributed by atoms with Gasteiger partial charge in [-0.1, -0.05) is 6.92 Å². The van der Waals surface area contributed by atoms with Crippen molar-refractivity contribution in [2.24, 2.45) is 5.92 Å². The van der Waals surface area contributed by atoms with Crippen molar-refractivity contribution in [1.29, 1.82) is 0 Å². The zero-order chi connectivity index (χ0) is 20.6. The molecule has 0 saturated carbocycles. The smallest absolute Gasteiger partial charge is 0.187 e. The van der Waals surface area contributed by atoms with E-state index in [0.717, 1.165) is 0 Å². The summed E-state index contributed by atoms with van der Waals surface area (Å²) in [7, 11) is 5.99. The van der Waals surface area contributed by atoms with Crippen LogP contribution >= 0.6 is 0 Å². The van der Waals surface area contributed by atoms with Gasteiger partial charge in [-0.2, -0.15) is 0 Å². The van der Waals surface area contributed by atoms with E-state index in [1.54, 1.807) is 14.0 Å². The van der Waals surface area contributed by atoms with Crippen LogP contribution in [0.5, 0.6) is 0 Å². The quantitative estimate of drug-likeness (QED) is 0.403. The van der Waals surface area contributed by atoms with E-state index in [0.29, 0.717) is 6.61 Å². The molecule has 0 spiro atoms. The van der Waals surface area contributed by atoms with Crippen molar-refractivity contribution in [1.82, 2.24) is 0 Å². The van der Waals surface area contributed by atoms with Crippen LogP contribution in [0.25, 0.3) is 0 Å². The predicted octanol–water partition coefficient (Wildman–Crippen LogP) is -0.450. The minimum atomic E-state index is -1.21. The Labute approximate surface area is 161 Å². The lowest BCUT2D eigenvalue weighted by molar-refractivity contribution is -0.335. The first kappa shape index (κ1) is 24.7. The van der Waals surface area contributed by atoms with Crippen molar-refractivity contribution in [3.63, 3.8) is 0 Å². The average molecular weight is 396 g/mol. The van der Waals surface area contributed by atoms with E-state index < -0.39 is 42.4 Å². The molecule has 27 heavy (non-hydrogen) atoms. The monoisotopic (exact) mass is 396 g/mol. The van der Waals surface area contributed by atoms with Crippen molar-refractivity contribution in [2.45, 2.75) is 62.7 Å². The molecule has 3 N–H and O–H groups in total. The largest absolute Gasteiger partial charge is 0.393 e. The number of aliphatic hydroxyl groups is 3. The number of ether oxygens (including phenoxy) is 6. The van der Waals surface area contributed by atoms with Gasteiger partial charge in [0.1, 0.15) is 24.4 Å². The average Bonchev–Trinajstić information content (AvgIpc) is 2.60. The fraction of sp³-hybridized carbons (Fsp3) is 1.00. The summed E-state index contributed by atoms with van der Waals surface area (Å²) in [4.78, 5) is 0. The highest BCUT2D eigenvalue weighted by molar-refractivity contribution is 4.92. The van der Waals surface area contributed by atoms with Gasteiger partial charge in [0.2, 0.25) is 0 Å². The standard InChI is InChI=1S/C18H36O9/c1-11(8-22-3)12(19)7-18(2,10-24-5)27-17-16(25-6)15(21)14(20)13(26-17)9-23-4/h11-17,19-21H,7-10H2,1-6H3/t11-,12?,13?,14+,15?,16?,17+,18-/m1/s1. The number of methoxy groups -OCH3 is 4. The molecule has 8 atom stereocenters. The summed E-state index contributed by atoms with van der Waals surface area (Å²) in [5.41, 5.74) is -0.919. The van der Waals surface area contributed by atoms with Crippen LogP contribution in [0.4, 0.5) is 0 Å². The van der Waals surface area contributed by atoms with Gasteiger partial charge in [-0.15, -0.1) is 0 Å². The SMILES string of the molecule is COCC1O[C@@H](O[C@@](C)(COC)CC(O)[C@H](C)COC)C(OC)C(O)[C@H]1O. The molecule has 0 aliphatic carbocycles. The second kappa shape index (κ2) is 11.6. The second-order valence-corrected chi connectivity index (χ2v) is 7.38. The summed E-state index contributed by atoms with van der Waals surface area (Å²) in [6.45, 7) is 4.35. The molecular weight excluding hydrogens is 360 g/mol. The van der Waals surface area contributed by atoms with Crippen LogP contribution in [0.2, 0.25) is 0 Å². The molecule has 162 valence electrons. The maximum Gasteiger partial charge on any atom is 0.187 e. The second-order valence-electron chi connectivity index (χ2n) is 7.38. The Bertz CT molecular complexity index is 408. The van der Waals surface area contributed by atoms with Gasteiger partial charge in [-0.3, -0.25) is 0 Å². The number of aliphatic hydroxyl groups excluding tert-OH is 3. The Balaban J connectivity index is 2.93. The van der Waals surface area contributed by atoms with Crippen molar-refractivity contribution >= 4 is 0 Å². The van der Waals surface area contributed by atoms with Crippen LogP contribution in [0, 0.1) is 5.92 Å². The summed E-state index contributed by atoms with van der Waals surface area (Å²) in [6.07, 6.45) is -5.47. The van der Waals surface area contributed by atoms with Gasteiger partial charge >= 0.3 is 0 Å². The molecule has 0 aromatic heterocycles. The first-order chi connectivity index (χ1) is 12.7. The molecule has 1 aliphatic rings. The third-order valence-corrected chi connectivity index (χ3v) is 4.83. The summed E-state index contributed by atoms with van der Waals surface area (Å²) in [5.74, 6) is -0.103. The molecule has 9 heteroatoms. The Kier molecular flexibility index (Phi) is 10.6. The van der Waals surface area contributed by atoms with Crippen LogP contribution in [0.15, 0.2) is 0 Å². The molecule has 9 nitrogen and oxygen atoms in total. The molecule has 0 radical (unpaired) electrons. The minimum absolute atomic E-state index is 0.0863. The van der Waals surface area contributed by atoms with Gasteiger partial charge in [-0.05, 0) is 6.92 Å². The first-order valence-corrected chi connectivity index (χ1v) is 9.10. The molecule has 0 bridgehead atoms. The van der Waals surface area contributed by atoms with Gasteiger partial charge in [0, 0.05) is 40.8 Å². The number of hydrogen-bond donors (Lipinski definition) is 3. The summed E-state index contributed by atoms with van der Waals surface area (Å²) < 4.78 is 32.6. The van der Waals surface area contributed by atoms with Crippen LogP contribution in [-0.2, 0) is 28.4 Å². The molecule has 0 amide bonds. The Morgan fingerprint density at radius 3 is 2.22 bits per heavy atom. The maximum absolute atomic E-state index is 10.5. The van der Waals surface area contributed by atoms with Gasteiger partial charge in [-0.25, -0.2) is 0 Å². The Morgan fingerprint density at radius 2 is 1.70 bits per heavy atom. The highest BCUT2D eigenvalue weighted by Gasteiger charge is 2.48. The van der Waals surface area contributed by atoms with E-state index in [1.807, 2.05) is 6.92 Å². The molecule has 0 aromatic rings. The molecule has 1 fully saturated rings. The lowest BCUT2D eigenvalue weighted by Crippen LogP contribution is -2.61. The molecule has 1 aliphatic heterocycles. The topological polar surface area (TPSA) is 116 Å². The highest BCUT2D eigenvalue weighted by Crippen LogP contribution is 2.31. The van der Waals surface area contributed by atoms with Crippen LogP contribution in [0.3, 0.4) is 0 Å². The Hall–Kier alpha value is -0.360. The van der Waals surface area contributed by atoms with Crippen LogP contribution in [0.1, 0.15) is 20.3 Å².